The lowest BCUT2D eigenvalue weighted by atomic mass is 9.97. The third-order valence-corrected chi connectivity index (χ3v) is 8.83. The summed E-state index contributed by atoms with van der Waals surface area (Å²) in [6.45, 7) is 4.48. The van der Waals surface area contributed by atoms with Crippen molar-refractivity contribution in [2.45, 2.75) is 32.2 Å². The monoisotopic (exact) mass is 548 g/mol. The normalized spacial score (nSPS) is 17.4. The van der Waals surface area contributed by atoms with Gasteiger partial charge in [0.15, 0.2) is 0 Å². The van der Waals surface area contributed by atoms with Crippen molar-refractivity contribution in [3.8, 4) is 21.0 Å². The van der Waals surface area contributed by atoms with E-state index in [-0.39, 0.29) is 23.2 Å². The number of nitrogens with one attached hydrogen (secondary N) is 1. The van der Waals surface area contributed by atoms with Crippen molar-refractivity contribution in [3.05, 3.63) is 94.4 Å². The third kappa shape index (κ3) is 4.08. The Morgan fingerprint density at radius 3 is 2.34 bits per heavy atom. The molecule has 192 valence electrons. The van der Waals surface area contributed by atoms with Gasteiger partial charge >= 0.3 is 0 Å². The average molecular weight is 549 g/mol. The second-order valence-corrected chi connectivity index (χ2v) is 11.1. The van der Waals surface area contributed by atoms with Gasteiger partial charge in [0.25, 0.3) is 5.91 Å². The molecule has 6 rings (SSSR count). The van der Waals surface area contributed by atoms with Gasteiger partial charge in [0, 0.05) is 17.1 Å². The van der Waals surface area contributed by atoms with E-state index in [0.29, 0.717) is 38.4 Å². The highest BCUT2D eigenvalue weighted by atomic mass is 35.5. The average Bonchev–Trinajstić information content (AvgIpc) is 3.64. The van der Waals surface area contributed by atoms with Gasteiger partial charge in [0.05, 0.1) is 21.4 Å². The summed E-state index contributed by atoms with van der Waals surface area (Å²) in [7, 11) is 0. The van der Waals surface area contributed by atoms with Crippen LogP contribution >= 0.6 is 22.9 Å². The van der Waals surface area contributed by atoms with Crippen LogP contribution in [-0.2, 0) is 5.54 Å². The molecule has 5 aromatic rings. The molecule has 0 spiro atoms. The molecule has 3 aromatic carbocycles. The SMILES string of the molecule is Cc1c(Cl)ccc2[nH]c(C3(C)CCCN3C(=O)c3nc(-c4ccc(F)cc4)sc3-c3ccc(F)cc3)nc12. The zero-order valence-corrected chi connectivity index (χ0v) is 22.3. The number of aromatic amines is 1. The number of benzene rings is 3. The molecule has 0 saturated carbocycles. The quantitative estimate of drug-likeness (QED) is 0.250. The lowest BCUT2D eigenvalue weighted by Crippen LogP contribution is -2.44. The maximum absolute atomic E-state index is 14.2. The van der Waals surface area contributed by atoms with Crippen LogP contribution in [0.5, 0.6) is 0 Å². The Labute approximate surface area is 227 Å². The Balaban J connectivity index is 1.45. The van der Waals surface area contributed by atoms with Gasteiger partial charge in [0.2, 0.25) is 0 Å². The minimum atomic E-state index is -0.686. The van der Waals surface area contributed by atoms with Crippen LogP contribution < -0.4 is 0 Å². The molecule has 0 aliphatic carbocycles. The molecule has 1 fully saturated rings. The van der Waals surface area contributed by atoms with Gasteiger partial charge in [-0.3, -0.25) is 4.79 Å². The highest BCUT2D eigenvalue weighted by molar-refractivity contribution is 7.18. The van der Waals surface area contributed by atoms with Crippen LogP contribution in [0.3, 0.4) is 0 Å². The summed E-state index contributed by atoms with van der Waals surface area (Å²) in [5.41, 5.74) is 3.52. The Morgan fingerprint density at radius 1 is 1.00 bits per heavy atom. The van der Waals surface area contributed by atoms with Crippen molar-refractivity contribution in [2.75, 3.05) is 6.54 Å². The largest absolute Gasteiger partial charge is 0.340 e. The van der Waals surface area contributed by atoms with E-state index < -0.39 is 5.54 Å². The van der Waals surface area contributed by atoms with E-state index in [1.54, 1.807) is 24.3 Å². The molecule has 1 saturated heterocycles. The van der Waals surface area contributed by atoms with Crippen LogP contribution in [0.4, 0.5) is 8.78 Å². The maximum Gasteiger partial charge on any atom is 0.274 e. The Morgan fingerprint density at radius 2 is 1.66 bits per heavy atom. The highest BCUT2D eigenvalue weighted by Crippen LogP contribution is 2.42. The van der Waals surface area contributed by atoms with Gasteiger partial charge < -0.3 is 9.88 Å². The summed E-state index contributed by atoms with van der Waals surface area (Å²) in [4.78, 5) is 29.7. The van der Waals surface area contributed by atoms with Crippen molar-refractivity contribution in [1.29, 1.82) is 0 Å². The summed E-state index contributed by atoms with van der Waals surface area (Å²) in [5, 5.41) is 1.22. The smallest absolute Gasteiger partial charge is 0.274 e. The molecule has 1 N–H and O–H groups in total. The Hall–Kier alpha value is -3.62. The Kier molecular flexibility index (Phi) is 6.04. The first-order valence-corrected chi connectivity index (χ1v) is 13.4. The Bertz CT molecular complexity index is 1680. The van der Waals surface area contributed by atoms with E-state index >= 15 is 0 Å². The number of fused-ring (bicyclic) bond motifs is 1. The first kappa shape index (κ1) is 24.7. The number of halogens is 3. The summed E-state index contributed by atoms with van der Waals surface area (Å²) in [6, 6.07) is 15.7. The second kappa shape index (κ2) is 9.29. The molecule has 2 aromatic heterocycles. The van der Waals surface area contributed by atoms with E-state index in [1.807, 2.05) is 30.9 Å². The summed E-state index contributed by atoms with van der Waals surface area (Å²) in [5.74, 6) is -0.252. The van der Waals surface area contributed by atoms with Gasteiger partial charge in [0.1, 0.15) is 28.2 Å². The lowest BCUT2D eigenvalue weighted by Gasteiger charge is -2.33. The fourth-order valence-corrected chi connectivity index (χ4v) is 6.30. The molecule has 0 radical (unpaired) electrons. The van der Waals surface area contributed by atoms with Gasteiger partial charge in [-0.05, 0) is 86.3 Å². The molecule has 9 heteroatoms. The van der Waals surface area contributed by atoms with E-state index in [4.69, 9.17) is 21.6 Å². The van der Waals surface area contributed by atoms with Crippen LogP contribution in [0.2, 0.25) is 5.02 Å². The van der Waals surface area contributed by atoms with Crippen LogP contribution in [0.25, 0.3) is 32.0 Å². The van der Waals surface area contributed by atoms with E-state index in [9.17, 15) is 13.6 Å². The van der Waals surface area contributed by atoms with Gasteiger partial charge in [-0.1, -0.05) is 23.7 Å². The molecule has 1 amide bonds. The van der Waals surface area contributed by atoms with Crippen molar-refractivity contribution in [1.82, 2.24) is 19.9 Å². The molecule has 3 heterocycles. The van der Waals surface area contributed by atoms with Crippen LogP contribution in [0.1, 0.15) is 41.6 Å². The number of likely N-dealkylation sites (tertiary alicyclic amines) is 1. The predicted octanol–water partition coefficient (Wildman–Crippen LogP) is 7.74. The number of hydrogen-bond acceptors (Lipinski definition) is 4. The number of aromatic nitrogens is 3. The number of amides is 1. The fourth-order valence-electron chi connectivity index (χ4n) is 5.08. The van der Waals surface area contributed by atoms with Crippen LogP contribution in [-0.4, -0.2) is 32.3 Å². The number of nitrogens with zero attached hydrogens (tertiary/aromatic N) is 3. The standard InChI is InChI=1S/C29H23ClF2N4OS/c1-16-21(30)12-13-22-23(16)35-28(33-22)29(2)14-3-15-36(29)27(37)24-25(17-4-8-19(31)9-5-17)38-26(34-24)18-6-10-20(32)11-7-18/h4-13H,3,14-15H2,1-2H3,(H,33,35). The molecule has 1 aliphatic rings. The van der Waals surface area contributed by atoms with Crippen molar-refractivity contribution in [3.63, 3.8) is 0 Å². The van der Waals surface area contributed by atoms with Crippen LogP contribution in [0, 0.1) is 18.6 Å². The van der Waals surface area contributed by atoms with E-state index in [1.165, 1.54) is 35.6 Å². The summed E-state index contributed by atoms with van der Waals surface area (Å²) < 4.78 is 27.3. The number of thiazole rings is 1. The zero-order chi connectivity index (χ0) is 26.6. The van der Waals surface area contributed by atoms with Gasteiger partial charge in [-0.25, -0.2) is 18.7 Å². The minimum absolute atomic E-state index is 0.232. The van der Waals surface area contributed by atoms with Crippen molar-refractivity contribution in [2.24, 2.45) is 0 Å². The molecular weight excluding hydrogens is 526 g/mol. The van der Waals surface area contributed by atoms with Crippen molar-refractivity contribution < 1.29 is 13.6 Å². The van der Waals surface area contributed by atoms with Gasteiger partial charge in [-0.15, -0.1) is 11.3 Å². The summed E-state index contributed by atoms with van der Waals surface area (Å²) in [6.07, 6.45) is 1.53. The number of hydrogen-bond donors (Lipinski definition) is 1. The number of H-pyrrole nitrogens is 1. The van der Waals surface area contributed by atoms with Gasteiger partial charge in [-0.2, -0.15) is 0 Å². The number of carbonyl (C=O) groups is 1. The number of aryl methyl sites for hydroxylation is 1. The molecule has 1 atom stereocenters. The second-order valence-electron chi connectivity index (χ2n) is 9.70. The molecule has 1 unspecified atom stereocenters. The first-order chi connectivity index (χ1) is 18.2. The third-order valence-electron chi connectivity index (χ3n) is 7.27. The number of rotatable bonds is 4. The molecular formula is C29H23ClF2N4OS. The van der Waals surface area contributed by atoms with Crippen molar-refractivity contribution >= 4 is 39.9 Å². The number of imidazole rings is 1. The fraction of sp³-hybridized carbons (Fsp3) is 0.207. The molecule has 38 heavy (non-hydrogen) atoms. The zero-order valence-electron chi connectivity index (χ0n) is 20.7. The minimum Gasteiger partial charge on any atom is -0.340 e. The summed E-state index contributed by atoms with van der Waals surface area (Å²) >= 11 is 7.65. The molecule has 0 bridgehead atoms. The highest BCUT2D eigenvalue weighted by Gasteiger charge is 2.45. The molecule has 5 nitrogen and oxygen atoms in total. The maximum atomic E-state index is 14.2. The first-order valence-electron chi connectivity index (χ1n) is 12.2. The molecule has 1 aliphatic heterocycles. The van der Waals surface area contributed by atoms with E-state index in [0.717, 1.165) is 29.4 Å². The predicted molar refractivity (Wildman–Crippen MR) is 146 cm³/mol. The topological polar surface area (TPSA) is 61.9 Å². The van der Waals surface area contributed by atoms with E-state index in [2.05, 4.69) is 4.98 Å². The number of carbonyl (C=O) groups excluding carboxylic acids is 1. The lowest BCUT2D eigenvalue weighted by molar-refractivity contribution is 0.0601. The van der Waals surface area contributed by atoms with Crippen LogP contribution in [0.15, 0.2) is 60.7 Å².